The van der Waals surface area contributed by atoms with Gasteiger partial charge in [-0.3, -0.25) is 0 Å². The summed E-state index contributed by atoms with van der Waals surface area (Å²) in [7, 11) is 0. The Kier molecular flexibility index (Phi) is 4.76. The Morgan fingerprint density at radius 3 is 2.65 bits per heavy atom. The number of rotatable bonds is 4. The van der Waals surface area contributed by atoms with Crippen LogP contribution in [0, 0.1) is 12.7 Å². The minimum Gasteiger partial charge on any atom is -0.388 e. The van der Waals surface area contributed by atoms with Gasteiger partial charge in [0.15, 0.2) is 0 Å². The van der Waals surface area contributed by atoms with E-state index < -0.39 is 6.10 Å². The summed E-state index contributed by atoms with van der Waals surface area (Å²) in [5.74, 6) is -0.709. The first-order valence-corrected chi connectivity index (χ1v) is 6.80. The quantitative estimate of drug-likeness (QED) is 0.905. The first kappa shape index (κ1) is 15.0. The van der Waals surface area contributed by atoms with Crippen molar-refractivity contribution >= 4 is 11.6 Å². The molecule has 20 heavy (non-hydrogen) atoms. The molecule has 0 amide bonds. The van der Waals surface area contributed by atoms with E-state index in [-0.39, 0.29) is 18.3 Å². The maximum atomic E-state index is 13.3. The molecule has 2 aromatic rings. The molecular weight excluding hydrogens is 277 g/mol. The van der Waals surface area contributed by atoms with E-state index in [1.807, 2.05) is 13.0 Å². The highest BCUT2D eigenvalue weighted by atomic mass is 35.5. The highest BCUT2D eigenvalue weighted by molar-refractivity contribution is 6.30. The van der Waals surface area contributed by atoms with Gasteiger partial charge in [0.05, 0.1) is 6.10 Å². The van der Waals surface area contributed by atoms with Gasteiger partial charge in [-0.05, 0) is 47.9 Å². The van der Waals surface area contributed by atoms with Crippen LogP contribution >= 0.6 is 11.6 Å². The lowest BCUT2D eigenvalue weighted by Gasteiger charge is -2.24. The van der Waals surface area contributed by atoms with E-state index in [4.69, 9.17) is 17.3 Å². The Bertz CT molecular complexity index is 603. The van der Waals surface area contributed by atoms with Gasteiger partial charge in [0.25, 0.3) is 0 Å². The summed E-state index contributed by atoms with van der Waals surface area (Å²) in [5.41, 5.74) is 8.09. The molecule has 0 bridgehead atoms. The van der Waals surface area contributed by atoms with Gasteiger partial charge in [-0.15, -0.1) is 0 Å². The fourth-order valence-electron chi connectivity index (χ4n) is 2.33. The number of hydrogen-bond donors (Lipinski definition) is 2. The molecule has 106 valence electrons. The number of nitrogens with two attached hydrogens (primary N) is 1. The summed E-state index contributed by atoms with van der Waals surface area (Å²) >= 11 is 5.98. The van der Waals surface area contributed by atoms with E-state index >= 15 is 0 Å². The zero-order chi connectivity index (χ0) is 14.7. The molecular formula is C16H17ClFNO. The summed E-state index contributed by atoms with van der Waals surface area (Å²) in [6.45, 7) is 2.12. The zero-order valence-electron chi connectivity index (χ0n) is 11.2. The Balaban J connectivity index is 2.38. The monoisotopic (exact) mass is 293 g/mol. The number of aliphatic hydroxyl groups excluding tert-OH is 1. The Morgan fingerprint density at radius 2 is 2.00 bits per heavy atom. The van der Waals surface area contributed by atoms with Crippen LogP contribution in [0.1, 0.15) is 28.7 Å². The smallest absolute Gasteiger partial charge is 0.123 e. The normalized spacial score (nSPS) is 14.1. The molecule has 2 atom stereocenters. The van der Waals surface area contributed by atoms with Crippen molar-refractivity contribution in [2.24, 2.45) is 5.73 Å². The molecule has 0 fully saturated rings. The van der Waals surface area contributed by atoms with Gasteiger partial charge in [-0.1, -0.05) is 29.8 Å². The SMILES string of the molecule is Cc1ccc(Cl)cc1C(O)C(CN)c1cccc(F)c1. The van der Waals surface area contributed by atoms with Crippen molar-refractivity contribution < 1.29 is 9.50 Å². The topological polar surface area (TPSA) is 46.2 Å². The largest absolute Gasteiger partial charge is 0.388 e. The fraction of sp³-hybridized carbons (Fsp3) is 0.250. The molecule has 2 nitrogen and oxygen atoms in total. The highest BCUT2D eigenvalue weighted by Gasteiger charge is 2.23. The van der Waals surface area contributed by atoms with Crippen molar-refractivity contribution in [3.05, 3.63) is 70.0 Å². The lowest BCUT2D eigenvalue weighted by molar-refractivity contribution is 0.146. The van der Waals surface area contributed by atoms with Crippen molar-refractivity contribution in [1.29, 1.82) is 0 Å². The molecule has 0 aliphatic heterocycles. The lowest BCUT2D eigenvalue weighted by Crippen LogP contribution is -2.21. The van der Waals surface area contributed by atoms with Crippen LogP contribution in [0.4, 0.5) is 4.39 Å². The molecule has 0 aromatic heterocycles. The number of benzene rings is 2. The third-order valence-corrected chi connectivity index (χ3v) is 3.71. The lowest BCUT2D eigenvalue weighted by atomic mass is 9.87. The second-order valence-electron chi connectivity index (χ2n) is 4.84. The molecule has 0 saturated carbocycles. The molecule has 0 aliphatic carbocycles. The summed E-state index contributed by atoms with van der Waals surface area (Å²) in [5, 5.41) is 11.1. The van der Waals surface area contributed by atoms with E-state index in [2.05, 4.69) is 0 Å². The van der Waals surface area contributed by atoms with Crippen molar-refractivity contribution in [2.45, 2.75) is 18.9 Å². The summed E-state index contributed by atoms with van der Waals surface area (Å²) in [6.07, 6.45) is -0.819. The van der Waals surface area contributed by atoms with Gasteiger partial charge in [0.1, 0.15) is 5.82 Å². The van der Waals surface area contributed by atoms with Crippen LogP contribution in [0.15, 0.2) is 42.5 Å². The number of hydrogen-bond acceptors (Lipinski definition) is 2. The van der Waals surface area contributed by atoms with Gasteiger partial charge in [-0.2, -0.15) is 0 Å². The predicted octanol–water partition coefficient (Wildman–Crippen LogP) is 3.56. The second kappa shape index (κ2) is 6.35. The molecule has 4 heteroatoms. The Hall–Kier alpha value is -1.42. The minimum atomic E-state index is -0.819. The molecule has 0 radical (unpaired) electrons. The number of halogens is 2. The number of aryl methyl sites for hydroxylation is 1. The van der Waals surface area contributed by atoms with Crippen molar-refractivity contribution in [2.75, 3.05) is 6.54 Å². The Labute approximate surface area is 123 Å². The van der Waals surface area contributed by atoms with Crippen molar-refractivity contribution in [3.63, 3.8) is 0 Å². The zero-order valence-corrected chi connectivity index (χ0v) is 11.9. The highest BCUT2D eigenvalue weighted by Crippen LogP contribution is 2.33. The van der Waals surface area contributed by atoms with Crippen molar-refractivity contribution in [3.8, 4) is 0 Å². The van der Waals surface area contributed by atoms with Crippen LogP contribution in [-0.4, -0.2) is 11.7 Å². The molecule has 3 N–H and O–H groups in total. The van der Waals surface area contributed by atoms with Crippen LogP contribution in [-0.2, 0) is 0 Å². The first-order valence-electron chi connectivity index (χ1n) is 6.42. The van der Waals surface area contributed by atoms with E-state index in [9.17, 15) is 9.50 Å². The van der Waals surface area contributed by atoms with Crippen LogP contribution in [0.2, 0.25) is 5.02 Å². The first-order chi connectivity index (χ1) is 9.52. The molecule has 0 heterocycles. The number of aliphatic hydroxyl groups is 1. The molecule has 0 saturated heterocycles. The van der Waals surface area contributed by atoms with E-state index in [1.54, 1.807) is 24.3 Å². The summed E-state index contributed by atoms with van der Waals surface area (Å²) in [4.78, 5) is 0. The molecule has 2 unspecified atom stereocenters. The third-order valence-electron chi connectivity index (χ3n) is 3.47. The van der Waals surface area contributed by atoms with E-state index in [0.29, 0.717) is 10.6 Å². The van der Waals surface area contributed by atoms with Gasteiger partial charge in [0.2, 0.25) is 0 Å². The van der Waals surface area contributed by atoms with Crippen molar-refractivity contribution in [1.82, 2.24) is 0 Å². The van der Waals surface area contributed by atoms with E-state index in [1.165, 1.54) is 12.1 Å². The molecule has 2 aromatic carbocycles. The molecule has 0 spiro atoms. The fourth-order valence-corrected chi connectivity index (χ4v) is 2.51. The molecule has 0 aliphatic rings. The third kappa shape index (κ3) is 3.18. The van der Waals surface area contributed by atoms with Crippen LogP contribution in [0.3, 0.4) is 0 Å². The maximum Gasteiger partial charge on any atom is 0.123 e. The standard InChI is InChI=1S/C16H17ClFNO/c1-10-5-6-12(17)8-14(10)16(20)15(9-19)11-3-2-4-13(18)7-11/h2-8,15-16,20H,9,19H2,1H3. The van der Waals surface area contributed by atoms with Crippen LogP contribution < -0.4 is 5.73 Å². The van der Waals surface area contributed by atoms with Gasteiger partial charge in [-0.25, -0.2) is 4.39 Å². The summed E-state index contributed by atoms with van der Waals surface area (Å²) < 4.78 is 13.3. The maximum absolute atomic E-state index is 13.3. The summed E-state index contributed by atoms with van der Waals surface area (Å²) in [6, 6.07) is 11.5. The van der Waals surface area contributed by atoms with Gasteiger partial charge in [0, 0.05) is 17.5 Å². The van der Waals surface area contributed by atoms with Crippen LogP contribution in [0.5, 0.6) is 0 Å². The predicted molar refractivity (Wildman–Crippen MR) is 79.3 cm³/mol. The average molecular weight is 294 g/mol. The minimum absolute atomic E-state index is 0.219. The van der Waals surface area contributed by atoms with Gasteiger partial charge < -0.3 is 10.8 Å². The van der Waals surface area contributed by atoms with Crippen LogP contribution in [0.25, 0.3) is 0 Å². The second-order valence-corrected chi connectivity index (χ2v) is 5.28. The average Bonchev–Trinajstić information content (AvgIpc) is 2.42. The Morgan fingerprint density at radius 1 is 1.25 bits per heavy atom. The van der Waals surface area contributed by atoms with E-state index in [0.717, 1.165) is 11.1 Å². The molecule has 2 rings (SSSR count). The van der Waals surface area contributed by atoms with Gasteiger partial charge >= 0.3 is 0 Å².